The van der Waals surface area contributed by atoms with E-state index in [1.54, 1.807) is 17.0 Å². The zero-order valence-corrected chi connectivity index (χ0v) is 22.6. The van der Waals surface area contributed by atoms with Crippen molar-refractivity contribution < 1.29 is 49.4 Å². The van der Waals surface area contributed by atoms with E-state index in [1.165, 1.54) is 11.0 Å². The molecule has 1 aromatic carbocycles. The second-order valence-electron chi connectivity index (χ2n) is 10.8. The molecule has 7 N–H and O–H groups in total. The van der Waals surface area contributed by atoms with Crippen molar-refractivity contribution in [3.63, 3.8) is 0 Å². The highest BCUT2D eigenvalue weighted by atomic mass is 19.1. The summed E-state index contributed by atoms with van der Waals surface area (Å²) >= 11 is 0. The number of hydrogen-bond acceptors (Lipinski definition) is 9. The van der Waals surface area contributed by atoms with Crippen LogP contribution in [-0.4, -0.2) is 129 Å². The van der Waals surface area contributed by atoms with Gasteiger partial charge in [-0.3, -0.25) is 4.79 Å². The lowest BCUT2D eigenvalue weighted by atomic mass is 9.92. The van der Waals surface area contributed by atoms with E-state index < -0.39 is 42.9 Å². The van der Waals surface area contributed by atoms with Gasteiger partial charge in [-0.05, 0) is 43.2 Å². The molecule has 13 heteroatoms. The first-order valence-electron chi connectivity index (χ1n) is 13.8. The van der Waals surface area contributed by atoms with Crippen LogP contribution in [0.1, 0.15) is 31.2 Å². The molecule has 0 saturated carbocycles. The smallest absolute Gasteiger partial charge is 0.407 e. The van der Waals surface area contributed by atoms with Crippen molar-refractivity contribution in [3.05, 3.63) is 29.6 Å². The van der Waals surface area contributed by atoms with Crippen molar-refractivity contribution in [2.24, 2.45) is 11.8 Å². The quantitative estimate of drug-likeness (QED) is 0.134. The Morgan fingerprint density at radius 2 is 1.70 bits per heavy atom. The maximum atomic E-state index is 14.6. The van der Waals surface area contributed by atoms with Crippen LogP contribution in [0.4, 0.5) is 9.18 Å². The number of hydrogen-bond donors (Lipinski definition) is 7. The molecule has 4 atom stereocenters. The molecule has 0 bridgehead atoms. The Balaban J connectivity index is 1.29. The number of likely N-dealkylation sites (tertiary alicyclic amines) is 2. The van der Waals surface area contributed by atoms with Crippen LogP contribution in [-0.2, 0) is 11.2 Å². The Labute approximate surface area is 233 Å². The van der Waals surface area contributed by atoms with E-state index in [-0.39, 0.29) is 30.4 Å². The van der Waals surface area contributed by atoms with Crippen molar-refractivity contribution in [2.75, 3.05) is 52.5 Å². The number of ether oxygens (including phenoxy) is 1. The van der Waals surface area contributed by atoms with Gasteiger partial charge in [0.15, 0.2) is 0 Å². The average molecular weight is 572 g/mol. The lowest BCUT2D eigenvalue weighted by Crippen LogP contribution is -2.55. The number of benzene rings is 1. The number of carboxylic acid groups (broad SMARTS) is 1. The van der Waals surface area contributed by atoms with Crippen LogP contribution >= 0.6 is 0 Å². The highest BCUT2D eigenvalue weighted by Gasteiger charge is 2.32. The Bertz CT molecular complexity index is 957. The summed E-state index contributed by atoms with van der Waals surface area (Å²) in [6, 6.07) is 4.49. The molecular weight excluding hydrogens is 529 g/mol. The van der Waals surface area contributed by atoms with Crippen LogP contribution < -0.4 is 10.1 Å². The minimum Gasteiger partial charge on any atom is -0.493 e. The van der Waals surface area contributed by atoms with Gasteiger partial charge in [-0.2, -0.15) is 0 Å². The third kappa shape index (κ3) is 9.25. The van der Waals surface area contributed by atoms with Gasteiger partial charge in [0.25, 0.3) is 0 Å². The second-order valence-corrected chi connectivity index (χ2v) is 10.8. The van der Waals surface area contributed by atoms with Gasteiger partial charge >= 0.3 is 6.09 Å². The summed E-state index contributed by atoms with van der Waals surface area (Å²) in [4.78, 5) is 26.6. The first-order chi connectivity index (χ1) is 19.1. The highest BCUT2D eigenvalue weighted by molar-refractivity contribution is 5.79. The number of amides is 2. The molecular formula is C27H42FN3O9. The van der Waals surface area contributed by atoms with Gasteiger partial charge in [0.05, 0.1) is 25.7 Å². The number of carbonyl (C=O) groups is 2. The standard InChI is InChI=1S/C27H42FN3O9/c28-21-11-20(40-9-1-2-17-5-7-30(8-6-17)27(38)39)4-3-19(21)10-24(35)31-14-18(15-31)12-29-13-22(33)25(36)26(37)23(34)16-32/h3-4,11,17-18,22-23,25-26,29,32-34,36-37H,1-2,5-10,12-16H2,(H,38,39). The van der Waals surface area contributed by atoms with Crippen molar-refractivity contribution in [3.8, 4) is 5.75 Å². The normalized spacial score (nSPS) is 19.6. The summed E-state index contributed by atoms with van der Waals surface area (Å²) in [7, 11) is 0. The SMILES string of the molecule is O=C(O)N1CCC(CCCOc2ccc(CC(=O)N3CC(CNCC(O)C(O)C(O)C(O)CO)C3)c(F)c2)CC1. The minimum absolute atomic E-state index is 0.0490. The monoisotopic (exact) mass is 571 g/mol. The van der Waals surface area contributed by atoms with E-state index in [9.17, 15) is 34.4 Å². The summed E-state index contributed by atoms with van der Waals surface area (Å²) < 4.78 is 20.3. The Kier molecular flexibility index (Phi) is 12.3. The van der Waals surface area contributed by atoms with Crippen LogP contribution in [0.3, 0.4) is 0 Å². The molecule has 0 radical (unpaired) electrons. The summed E-state index contributed by atoms with van der Waals surface area (Å²) in [5.74, 6) is 0.273. The molecule has 40 heavy (non-hydrogen) atoms. The molecule has 4 unspecified atom stereocenters. The maximum absolute atomic E-state index is 14.6. The lowest BCUT2D eigenvalue weighted by Gasteiger charge is -2.39. The average Bonchev–Trinajstić information content (AvgIpc) is 2.92. The van der Waals surface area contributed by atoms with Crippen LogP contribution in [0.5, 0.6) is 5.75 Å². The molecule has 1 aromatic rings. The third-order valence-corrected chi connectivity index (χ3v) is 7.70. The van der Waals surface area contributed by atoms with E-state index >= 15 is 0 Å². The van der Waals surface area contributed by atoms with Gasteiger partial charge < -0.3 is 50.5 Å². The van der Waals surface area contributed by atoms with Crippen LogP contribution in [0.2, 0.25) is 0 Å². The fourth-order valence-corrected chi connectivity index (χ4v) is 5.03. The number of nitrogens with zero attached hydrogens (tertiary/aromatic N) is 2. The van der Waals surface area contributed by atoms with E-state index in [0.717, 1.165) is 25.7 Å². The van der Waals surface area contributed by atoms with Crippen molar-refractivity contribution in [1.29, 1.82) is 0 Å². The molecule has 226 valence electrons. The molecule has 0 aliphatic carbocycles. The van der Waals surface area contributed by atoms with E-state index in [2.05, 4.69) is 5.32 Å². The molecule has 2 amide bonds. The van der Waals surface area contributed by atoms with E-state index in [4.69, 9.17) is 14.9 Å². The molecule has 2 saturated heterocycles. The van der Waals surface area contributed by atoms with Gasteiger partial charge in [-0.15, -0.1) is 0 Å². The van der Waals surface area contributed by atoms with Crippen molar-refractivity contribution in [1.82, 2.24) is 15.1 Å². The Hall–Kier alpha value is -2.55. The number of nitrogens with one attached hydrogen (secondary N) is 1. The fraction of sp³-hybridized carbons (Fsp3) is 0.704. The second kappa shape index (κ2) is 15.5. The van der Waals surface area contributed by atoms with Crippen molar-refractivity contribution in [2.45, 2.75) is 56.5 Å². The summed E-state index contributed by atoms with van der Waals surface area (Å²) in [5, 5.41) is 59.5. The number of halogens is 1. The number of aliphatic hydroxyl groups is 5. The highest BCUT2D eigenvalue weighted by Crippen LogP contribution is 2.24. The Morgan fingerprint density at radius 1 is 1.02 bits per heavy atom. The Morgan fingerprint density at radius 3 is 2.33 bits per heavy atom. The first-order valence-corrected chi connectivity index (χ1v) is 13.8. The maximum Gasteiger partial charge on any atom is 0.407 e. The van der Waals surface area contributed by atoms with Gasteiger partial charge in [-0.1, -0.05) is 6.07 Å². The van der Waals surface area contributed by atoms with Gasteiger partial charge in [0.2, 0.25) is 5.91 Å². The summed E-state index contributed by atoms with van der Waals surface area (Å²) in [6.45, 7) is 2.14. The number of rotatable bonds is 15. The van der Waals surface area contributed by atoms with Gasteiger partial charge in [0.1, 0.15) is 29.9 Å². The summed E-state index contributed by atoms with van der Waals surface area (Å²) in [6.07, 6.45) is -3.76. The van der Waals surface area contributed by atoms with Crippen LogP contribution in [0.15, 0.2) is 18.2 Å². The third-order valence-electron chi connectivity index (χ3n) is 7.70. The van der Waals surface area contributed by atoms with Crippen LogP contribution in [0.25, 0.3) is 0 Å². The summed E-state index contributed by atoms with van der Waals surface area (Å²) in [5.41, 5.74) is 0.282. The first kappa shape index (κ1) is 32.0. The topological polar surface area (TPSA) is 183 Å². The van der Waals surface area contributed by atoms with Gasteiger partial charge in [-0.25, -0.2) is 9.18 Å². The molecule has 12 nitrogen and oxygen atoms in total. The lowest BCUT2D eigenvalue weighted by molar-refractivity contribution is -0.136. The zero-order chi connectivity index (χ0) is 29.2. The molecule has 0 aromatic heterocycles. The van der Waals surface area contributed by atoms with Gasteiger partial charge in [0, 0.05) is 51.3 Å². The zero-order valence-electron chi connectivity index (χ0n) is 22.6. The molecule has 2 fully saturated rings. The molecule has 2 aliphatic heterocycles. The molecule has 2 heterocycles. The molecule has 3 rings (SSSR count). The van der Waals surface area contributed by atoms with E-state index in [1.807, 2.05) is 0 Å². The number of aliphatic hydroxyl groups excluding tert-OH is 5. The predicted molar refractivity (Wildman–Crippen MR) is 141 cm³/mol. The molecule has 0 spiro atoms. The number of piperidine rings is 1. The van der Waals surface area contributed by atoms with Crippen molar-refractivity contribution >= 4 is 12.0 Å². The minimum atomic E-state index is -1.68. The predicted octanol–water partition coefficient (Wildman–Crippen LogP) is -0.599. The fourth-order valence-electron chi connectivity index (χ4n) is 5.03. The largest absolute Gasteiger partial charge is 0.493 e. The van der Waals surface area contributed by atoms with Crippen LogP contribution in [0, 0.1) is 17.7 Å². The molecule has 2 aliphatic rings. The number of carbonyl (C=O) groups excluding carboxylic acids is 1. The van der Waals surface area contributed by atoms with E-state index in [0.29, 0.717) is 51.0 Å².